The van der Waals surface area contributed by atoms with Gasteiger partial charge in [0, 0.05) is 17.5 Å². The summed E-state index contributed by atoms with van der Waals surface area (Å²) in [5.41, 5.74) is 2.36. The highest BCUT2D eigenvalue weighted by Crippen LogP contribution is 2.29. The third-order valence-electron chi connectivity index (χ3n) is 4.32. The van der Waals surface area contributed by atoms with Crippen molar-refractivity contribution in [3.63, 3.8) is 0 Å². The largest absolute Gasteiger partial charge is 0.494 e. The van der Waals surface area contributed by atoms with Gasteiger partial charge in [-0.15, -0.1) is 0 Å². The van der Waals surface area contributed by atoms with Crippen LogP contribution < -0.4 is 10.1 Å². The molecule has 6 heteroatoms. The van der Waals surface area contributed by atoms with Crippen LogP contribution in [-0.4, -0.2) is 31.6 Å². The number of aryl methyl sites for hydroxylation is 1. The smallest absolute Gasteiger partial charge is 0.375 e. The van der Waals surface area contributed by atoms with Crippen LogP contribution in [0.1, 0.15) is 28.6 Å². The zero-order valence-electron chi connectivity index (χ0n) is 16.0. The van der Waals surface area contributed by atoms with E-state index in [2.05, 4.69) is 5.32 Å². The van der Waals surface area contributed by atoms with Crippen LogP contribution in [0.2, 0.25) is 0 Å². The van der Waals surface area contributed by atoms with Crippen LogP contribution in [0.5, 0.6) is 5.75 Å². The summed E-state index contributed by atoms with van der Waals surface area (Å²) in [5, 5.41) is 3.52. The maximum Gasteiger partial charge on any atom is 0.375 e. The number of rotatable bonds is 8. The van der Waals surface area contributed by atoms with Gasteiger partial charge < -0.3 is 19.2 Å². The fraction of sp³-hybridized carbons (Fsp3) is 0.273. The van der Waals surface area contributed by atoms with Gasteiger partial charge in [0.2, 0.25) is 5.76 Å². The molecule has 0 spiro atoms. The van der Waals surface area contributed by atoms with E-state index in [1.165, 1.54) is 0 Å². The molecule has 2 aromatic carbocycles. The van der Waals surface area contributed by atoms with Gasteiger partial charge in [-0.25, -0.2) is 4.79 Å². The van der Waals surface area contributed by atoms with Gasteiger partial charge in [-0.2, -0.15) is 0 Å². The lowest BCUT2D eigenvalue weighted by Crippen LogP contribution is -2.30. The molecule has 0 fully saturated rings. The summed E-state index contributed by atoms with van der Waals surface area (Å²) in [5.74, 6) is -0.209. The lowest BCUT2D eigenvalue weighted by Gasteiger charge is -2.06. The zero-order valence-corrected chi connectivity index (χ0v) is 16.0. The number of ether oxygens (including phenoxy) is 2. The molecule has 1 aromatic heterocycles. The van der Waals surface area contributed by atoms with Crippen LogP contribution in [0, 0.1) is 6.92 Å². The highest BCUT2D eigenvalue weighted by Gasteiger charge is 2.20. The van der Waals surface area contributed by atoms with Crippen molar-refractivity contribution in [1.82, 2.24) is 5.32 Å². The quantitative estimate of drug-likeness (QED) is 0.603. The number of carbonyl (C=O) groups is 2. The molecule has 28 heavy (non-hydrogen) atoms. The molecule has 3 rings (SSSR count). The first-order valence-corrected chi connectivity index (χ1v) is 9.22. The molecular formula is C22H23NO5. The lowest BCUT2D eigenvalue weighted by molar-refractivity contribution is -0.124. The zero-order chi connectivity index (χ0) is 19.9. The van der Waals surface area contributed by atoms with Crippen LogP contribution in [0.4, 0.5) is 0 Å². The predicted molar refractivity (Wildman–Crippen MR) is 106 cm³/mol. The van der Waals surface area contributed by atoms with Crippen molar-refractivity contribution in [3.8, 4) is 5.75 Å². The van der Waals surface area contributed by atoms with Crippen molar-refractivity contribution in [1.29, 1.82) is 0 Å². The average Bonchev–Trinajstić information content (AvgIpc) is 3.03. The van der Waals surface area contributed by atoms with Crippen molar-refractivity contribution < 1.29 is 23.5 Å². The molecule has 1 amide bonds. The number of amides is 1. The Morgan fingerprint density at radius 2 is 1.89 bits per heavy atom. The molecule has 0 radical (unpaired) electrons. The number of benzene rings is 2. The summed E-state index contributed by atoms with van der Waals surface area (Å²) in [6.07, 6.45) is 0.714. The topological polar surface area (TPSA) is 77.8 Å². The SMILES string of the molecule is CCOc1ccc2oc(C(=O)OCC(=O)NCCc3ccccc3)c(C)c2c1. The normalized spacial score (nSPS) is 10.6. The first-order chi connectivity index (χ1) is 13.6. The summed E-state index contributed by atoms with van der Waals surface area (Å²) in [4.78, 5) is 24.2. The van der Waals surface area contributed by atoms with Gasteiger partial charge >= 0.3 is 5.97 Å². The molecule has 0 aliphatic carbocycles. The van der Waals surface area contributed by atoms with Crippen molar-refractivity contribution in [2.45, 2.75) is 20.3 Å². The van der Waals surface area contributed by atoms with Gasteiger partial charge in [-0.3, -0.25) is 4.79 Å². The Kier molecular flexibility index (Phi) is 6.32. The fourth-order valence-corrected chi connectivity index (χ4v) is 2.89. The number of esters is 1. The van der Waals surface area contributed by atoms with Crippen LogP contribution in [-0.2, 0) is 16.0 Å². The molecule has 1 N–H and O–H groups in total. The molecule has 0 aliphatic rings. The molecule has 0 saturated heterocycles. The van der Waals surface area contributed by atoms with Gasteiger partial charge in [0.25, 0.3) is 5.91 Å². The first-order valence-electron chi connectivity index (χ1n) is 9.22. The number of furan rings is 1. The Morgan fingerprint density at radius 3 is 2.64 bits per heavy atom. The summed E-state index contributed by atoms with van der Waals surface area (Å²) in [6.45, 7) is 4.35. The van der Waals surface area contributed by atoms with Gasteiger partial charge in [0.1, 0.15) is 11.3 Å². The van der Waals surface area contributed by atoms with Crippen molar-refractivity contribution in [2.75, 3.05) is 19.8 Å². The highest BCUT2D eigenvalue weighted by atomic mass is 16.5. The van der Waals surface area contributed by atoms with Crippen molar-refractivity contribution in [3.05, 3.63) is 65.4 Å². The Labute approximate surface area is 163 Å². The average molecular weight is 381 g/mol. The third kappa shape index (κ3) is 4.71. The molecular weight excluding hydrogens is 358 g/mol. The van der Waals surface area contributed by atoms with E-state index in [0.717, 1.165) is 10.9 Å². The van der Waals surface area contributed by atoms with Crippen LogP contribution in [0.3, 0.4) is 0 Å². The molecule has 0 bridgehead atoms. The van der Waals surface area contributed by atoms with E-state index < -0.39 is 5.97 Å². The van der Waals surface area contributed by atoms with Crippen molar-refractivity contribution in [2.24, 2.45) is 0 Å². The van der Waals surface area contributed by atoms with Crippen LogP contribution in [0.15, 0.2) is 52.9 Å². The summed E-state index contributed by atoms with van der Waals surface area (Å²) in [7, 11) is 0. The van der Waals surface area contributed by atoms with Crippen LogP contribution in [0.25, 0.3) is 11.0 Å². The Balaban J connectivity index is 1.54. The van der Waals surface area contributed by atoms with Gasteiger partial charge in [-0.05, 0) is 44.0 Å². The Morgan fingerprint density at radius 1 is 1.11 bits per heavy atom. The van der Waals surface area contributed by atoms with Crippen LogP contribution >= 0.6 is 0 Å². The number of nitrogens with one attached hydrogen (secondary N) is 1. The standard InChI is InChI=1S/C22H23NO5/c1-3-26-17-9-10-19-18(13-17)15(2)21(28-19)22(25)27-14-20(24)23-12-11-16-7-5-4-6-8-16/h4-10,13H,3,11-12,14H2,1-2H3,(H,23,24). The molecule has 0 atom stereocenters. The van der Waals surface area contributed by atoms with Gasteiger partial charge in [0.15, 0.2) is 6.61 Å². The predicted octanol–water partition coefficient (Wildman–Crippen LogP) is 3.66. The molecule has 1 heterocycles. The van der Waals surface area contributed by atoms with E-state index in [-0.39, 0.29) is 18.3 Å². The minimum Gasteiger partial charge on any atom is -0.494 e. The van der Waals surface area contributed by atoms with E-state index in [0.29, 0.717) is 36.5 Å². The summed E-state index contributed by atoms with van der Waals surface area (Å²) < 4.78 is 16.2. The molecule has 6 nitrogen and oxygen atoms in total. The molecule has 146 valence electrons. The second kappa shape index (κ2) is 9.08. The fourth-order valence-electron chi connectivity index (χ4n) is 2.89. The Bertz CT molecular complexity index is 962. The van der Waals surface area contributed by atoms with Gasteiger partial charge in [-0.1, -0.05) is 30.3 Å². The number of hydrogen-bond donors (Lipinski definition) is 1. The minimum absolute atomic E-state index is 0.0979. The second-order valence-corrected chi connectivity index (χ2v) is 6.31. The van der Waals surface area contributed by atoms with E-state index in [4.69, 9.17) is 13.9 Å². The minimum atomic E-state index is -0.662. The third-order valence-corrected chi connectivity index (χ3v) is 4.32. The molecule has 0 aliphatic heterocycles. The second-order valence-electron chi connectivity index (χ2n) is 6.31. The molecule has 3 aromatic rings. The molecule has 0 saturated carbocycles. The number of hydrogen-bond acceptors (Lipinski definition) is 5. The Hall–Kier alpha value is -3.28. The monoisotopic (exact) mass is 381 g/mol. The maximum atomic E-state index is 12.3. The van der Waals surface area contributed by atoms with E-state index in [1.807, 2.05) is 43.3 Å². The summed E-state index contributed by atoms with van der Waals surface area (Å²) >= 11 is 0. The van der Waals surface area contributed by atoms with E-state index in [9.17, 15) is 9.59 Å². The number of carbonyl (C=O) groups excluding carboxylic acids is 2. The van der Waals surface area contributed by atoms with E-state index >= 15 is 0 Å². The lowest BCUT2D eigenvalue weighted by atomic mass is 10.1. The van der Waals surface area contributed by atoms with E-state index in [1.54, 1.807) is 19.1 Å². The highest BCUT2D eigenvalue weighted by molar-refractivity contribution is 5.97. The maximum absolute atomic E-state index is 12.3. The number of fused-ring (bicyclic) bond motifs is 1. The summed E-state index contributed by atoms with van der Waals surface area (Å²) in [6, 6.07) is 15.2. The molecule has 0 unspecified atom stereocenters. The van der Waals surface area contributed by atoms with Gasteiger partial charge in [0.05, 0.1) is 6.61 Å². The first kappa shape index (κ1) is 19.5. The van der Waals surface area contributed by atoms with Crippen molar-refractivity contribution >= 4 is 22.8 Å².